The second kappa shape index (κ2) is 14.3. The Bertz CT molecular complexity index is 1690. The summed E-state index contributed by atoms with van der Waals surface area (Å²) in [6.45, 7) is 22.4. The Balaban J connectivity index is 1.51. The van der Waals surface area contributed by atoms with Gasteiger partial charge in [0.2, 0.25) is 15.7 Å². The highest BCUT2D eigenvalue weighted by Gasteiger charge is 2.41. The van der Waals surface area contributed by atoms with Gasteiger partial charge in [0.25, 0.3) is 0 Å². The van der Waals surface area contributed by atoms with Gasteiger partial charge in [-0.1, -0.05) is 40.5 Å². The summed E-state index contributed by atoms with van der Waals surface area (Å²) in [5.74, 6) is 2.64. The van der Waals surface area contributed by atoms with Crippen LogP contribution in [0.2, 0.25) is 0 Å². The first-order valence-corrected chi connectivity index (χ1v) is 18.9. The lowest BCUT2D eigenvalue weighted by Gasteiger charge is -2.37. The molecule has 1 aromatic heterocycles. The van der Waals surface area contributed by atoms with E-state index >= 15 is 0 Å². The van der Waals surface area contributed by atoms with Crippen LogP contribution in [-0.4, -0.2) is 67.0 Å². The van der Waals surface area contributed by atoms with Crippen molar-refractivity contribution < 1.29 is 17.9 Å². The van der Waals surface area contributed by atoms with Gasteiger partial charge in [0.15, 0.2) is 17.5 Å². The largest absolute Gasteiger partial charge is 0.459 e. The van der Waals surface area contributed by atoms with E-state index in [4.69, 9.17) is 26.4 Å². The van der Waals surface area contributed by atoms with Crippen LogP contribution >= 0.6 is 0 Å². The zero-order chi connectivity index (χ0) is 34.0. The predicted octanol–water partition coefficient (Wildman–Crippen LogP) is 6.09. The van der Waals surface area contributed by atoms with Gasteiger partial charge in [-0.2, -0.15) is 5.10 Å². The van der Waals surface area contributed by atoms with Crippen LogP contribution in [0.3, 0.4) is 0 Å². The number of nitrogens with one attached hydrogen (secondary N) is 1. The number of rotatable bonds is 10. The second-order valence-corrected chi connectivity index (χ2v) is 15.9. The van der Waals surface area contributed by atoms with Crippen LogP contribution in [0.15, 0.2) is 28.9 Å². The monoisotopic (exact) mass is 663 g/mol. The summed E-state index contributed by atoms with van der Waals surface area (Å²) in [4.78, 5) is 29.8. The number of carbonyl (C=O) groups is 1. The van der Waals surface area contributed by atoms with Gasteiger partial charge in [0.1, 0.15) is 11.7 Å². The van der Waals surface area contributed by atoms with Crippen molar-refractivity contribution in [1.82, 2.24) is 19.5 Å². The number of hydrogen-bond acceptors (Lipinski definition) is 8. The first-order chi connectivity index (χ1) is 22.3. The highest BCUT2D eigenvalue weighted by molar-refractivity contribution is 7.88. The van der Waals surface area contributed by atoms with Crippen molar-refractivity contribution in [3.63, 3.8) is 0 Å². The Labute approximate surface area is 279 Å². The Morgan fingerprint density at radius 3 is 2.40 bits per heavy atom. The first kappa shape index (κ1) is 34.8. The van der Waals surface area contributed by atoms with Gasteiger partial charge < -0.3 is 9.64 Å². The summed E-state index contributed by atoms with van der Waals surface area (Å²) < 4.78 is 33.4. The van der Waals surface area contributed by atoms with Crippen LogP contribution in [0.25, 0.3) is 10.4 Å². The van der Waals surface area contributed by atoms with Crippen LogP contribution in [-0.2, 0) is 19.6 Å². The molecule has 0 amide bonds. The minimum atomic E-state index is -3.28. The fraction of sp³-hybridized carbons (Fsp3) is 0.629. The molecule has 0 saturated heterocycles. The highest BCUT2D eigenvalue weighted by atomic mass is 32.2. The van der Waals surface area contributed by atoms with Crippen LogP contribution in [0.5, 0.6) is 0 Å². The minimum absolute atomic E-state index is 0.101. The van der Waals surface area contributed by atoms with Crippen LogP contribution in [0.1, 0.15) is 96.3 Å². The van der Waals surface area contributed by atoms with Gasteiger partial charge in [-0.25, -0.2) is 37.4 Å². The number of allylic oxidation sites excluding steroid dienone is 1. The molecule has 5 rings (SSSR count). The van der Waals surface area contributed by atoms with E-state index in [9.17, 15) is 13.2 Å². The molecule has 1 N–H and O–H groups in total. The third kappa shape index (κ3) is 7.78. The van der Waals surface area contributed by atoms with Crippen molar-refractivity contribution >= 4 is 38.8 Å². The first-order valence-electron chi connectivity index (χ1n) is 17.0. The number of sulfonamides is 1. The molecule has 0 radical (unpaired) electrons. The molecule has 1 aliphatic heterocycles. The summed E-state index contributed by atoms with van der Waals surface area (Å²) in [5.41, 5.74) is 2.68. The smallest absolute Gasteiger partial charge is 0.331 e. The van der Waals surface area contributed by atoms with Gasteiger partial charge in [0, 0.05) is 31.2 Å². The van der Waals surface area contributed by atoms with E-state index in [2.05, 4.69) is 42.2 Å². The molecule has 2 aliphatic carbocycles. The molecule has 0 spiro atoms. The average Bonchev–Trinajstić information content (AvgIpc) is 3.55. The predicted molar refractivity (Wildman–Crippen MR) is 185 cm³/mol. The molecule has 11 nitrogen and oxygen atoms in total. The normalized spacial score (nSPS) is 27.1. The quantitative estimate of drug-likeness (QED) is 0.241. The van der Waals surface area contributed by atoms with Crippen molar-refractivity contribution in [3.05, 3.63) is 52.5 Å². The van der Waals surface area contributed by atoms with E-state index in [0.29, 0.717) is 48.8 Å². The highest BCUT2D eigenvalue weighted by Crippen LogP contribution is 2.40. The molecule has 2 unspecified atom stereocenters. The molecule has 3 aliphatic rings. The fourth-order valence-electron chi connectivity index (χ4n) is 7.56. The Kier molecular flexibility index (Phi) is 10.6. The van der Waals surface area contributed by atoms with E-state index in [1.165, 1.54) is 0 Å². The lowest BCUT2D eigenvalue weighted by atomic mass is 9.75. The van der Waals surface area contributed by atoms with Gasteiger partial charge in [-0.05, 0) is 87.0 Å². The maximum atomic E-state index is 14.0. The lowest BCUT2D eigenvalue weighted by Crippen LogP contribution is -2.37. The molecule has 47 heavy (non-hydrogen) atoms. The molecule has 254 valence electrons. The van der Waals surface area contributed by atoms with Gasteiger partial charge >= 0.3 is 5.97 Å². The molecule has 12 heteroatoms. The molecule has 2 heterocycles. The molecule has 1 aromatic carbocycles. The number of nitrogens with zero attached hydrogens (tertiary/aromatic N) is 6. The third-order valence-electron chi connectivity index (χ3n) is 10.0. The van der Waals surface area contributed by atoms with Gasteiger partial charge in [-0.3, -0.25) is 0 Å². The standard InChI is InChI=1S/C35H49N7O4S/c1-9-41(17-16-37-47(8,44)45)27-14-15-28(23(4)20-27)38-34-30(36-7)29(35(43)46-31-24(5)18-22(3)19-25(31)6)33-39-32(40-42(33)34)26-12-10-21(2)11-13-26/h14-15,20-22,24-26,31,37H,9-13,16-19H2,1-6,8H3. The number of fused-ring (bicyclic) bond motifs is 1. The number of aromatic nitrogens is 3. The number of likely N-dealkylation sites (N-methyl/N-ethyl adjacent to an activating group) is 1. The van der Waals surface area contributed by atoms with Crippen molar-refractivity contribution in [2.24, 2.45) is 28.7 Å². The van der Waals surface area contributed by atoms with Crippen LogP contribution in [0, 0.1) is 37.2 Å². The fourth-order valence-corrected chi connectivity index (χ4v) is 8.02. The van der Waals surface area contributed by atoms with E-state index in [1.807, 2.05) is 32.0 Å². The van der Waals surface area contributed by atoms with E-state index in [1.54, 1.807) is 4.68 Å². The Morgan fingerprint density at radius 2 is 1.81 bits per heavy atom. The molecular weight excluding hydrogens is 614 g/mol. The lowest BCUT2D eigenvalue weighted by molar-refractivity contribution is -0.150. The van der Waals surface area contributed by atoms with Crippen LogP contribution < -0.4 is 9.62 Å². The third-order valence-corrected chi connectivity index (χ3v) is 10.7. The van der Waals surface area contributed by atoms with Gasteiger partial charge in [-0.15, -0.1) is 0 Å². The maximum Gasteiger partial charge on any atom is 0.331 e. The molecular formula is C35H49N7O4S. The number of aliphatic imine (C=N–C) groups is 1. The Morgan fingerprint density at radius 1 is 1.13 bits per heavy atom. The topological polar surface area (TPSA) is 123 Å². The SMILES string of the molecule is [C-]#[N+]C1=C(C(=O)OC2C(C)CC(C)CC2C)c2nc(C3CCC(C)CC3)nn2C1=Nc1ccc(N(CC)CCNS(C)(=O)=O)cc1C. The maximum absolute atomic E-state index is 14.0. The molecule has 2 fully saturated rings. The number of anilines is 1. The molecule has 0 bridgehead atoms. The van der Waals surface area contributed by atoms with Gasteiger partial charge in [0.05, 0.1) is 18.5 Å². The van der Waals surface area contributed by atoms with Crippen molar-refractivity contribution in [1.29, 1.82) is 0 Å². The number of hydrogen-bond donors (Lipinski definition) is 1. The van der Waals surface area contributed by atoms with E-state index in [0.717, 1.165) is 56.0 Å². The summed E-state index contributed by atoms with van der Waals surface area (Å²) in [6, 6.07) is 5.82. The summed E-state index contributed by atoms with van der Waals surface area (Å²) in [7, 11) is -3.28. The van der Waals surface area contributed by atoms with Crippen molar-refractivity contribution in [2.45, 2.75) is 92.1 Å². The summed E-state index contributed by atoms with van der Waals surface area (Å²) in [6.07, 6.45) is 7.07. The van der Waals surface area contributed by atoms with E-state index in [-0.39, 0.29) is 41.0 Å². The molecule has 2 aromatic rings. The number of benzene rings is 1. The summed E-state index contributed by atoms with van der Waals surface area (Å²) >= 11 is 0. The number of esters is 1. The van der Waals surface area contributed by atoms with Crippen molar-refractivity contribution in [2.75, 3.05) is 30.8 Å². The second-order valence-electron chi connectivity index (χ2n) is 14.1. The van der Waals surface area contributed by atoms with E-state index < -0.39 is 16.0 Å². The zero-order valence-corrected chi connectivity index (χ0v) is 29.6. The van der Waals surface area contributed by atoms with Crippen molar-refractivity contribution in [3.8, 4) is 0 Å². The van der Waals surface area contributed by atoms with Crippen LogP contribution in [0.4, 0.5) is 11.4 Å². The average molecular weight is 664 g/mol. The number of carbonyl (C=O) groups excluding carboxylic acids is 1. The summed E-state index contributed by atoms with van der Waals surface area (Å²) in [5, 5.41) is 4.89. The molecule has 2 saturated carbocycles. The molecule has 2 atom stereocenters. The zero-order valence-electron chi connectivity index (χ0n) is 28.8. The number of ether oxygens (including phenoxy) is 1. The Hall–Kier alpha value is -3.56. The minimum Gasteiger partial charge on any atom is -0.459 e. The number of aryl methyl sites for hydroxylation is 1.